The molecular weight excluding hydrogens is 459 g/mol. The summed E-state index contributed by atoms with van der Waals surface area (Å²) in [5, 5.41) is 7.93. The van der Waals surface area contributed by atoms with Crippen LogP contribution in [-0.2, 0) is 11.2 Å². The van der Waals surface area contributed by atoms with Gasteiger partial charge in [-0.25, -0.2) is 4.98 Å². The van der Waals surface area contributed by atoms with E-state index in [-0.39, 0.29) is 24.0 Å². The Morgan fingerprint density at radius 3 is 2.73 bits per heavy atom. The van der Waals surface area contributed by atoms with Gasteiger partial charge in [0.25, 0.3) is 0 Å². The first-order valence-electron chi connectivity index (χ1n) is 9.78. The van der Waals surface area contributed by atoms with Crippen molar-refractivity contribution in [2.75, 3.05) is 26.2 Å². The first-order chi connectivity index (χ1) is 12.2. The molecule has 1 unspecified atom stereocenters. The number of guanidine groups is 1. The number of ether oxygens (including phenoxy) is 1. The minimum absolute atomic E-state index is 0. The molecule has 0 saturated heterocycles. The predicted octanol–water partition coefficient (Wildman–Crippen LogP) is 4.15. The Hall–Kier alpha value is -0.410. The molecule has 0 aromatic carbocycles. The summed E-state index contributed by atoms with van der Waals surface area (Å²) >= 11 is 1.77. The summed E-state index contributed by atoms with van der Waals surface area (Å²) in [4.78, 5) is 10.4. The van der Waals surface area contributed by atoms with Gasteiger partial charge in [0, 0.05) is 43.7 Å². The highest BCUT2D eigenvalue weighted by Crippen LogP contribution is 2.30. The third kappa shape index (κ3) is 8.52. The Bertz CT molecular complexity index is 517. The van der Waals surface area contributed by atoms with E-state index >= 15 is 0 Å². The molecule has 1 atom stereocenters. The number of aromatic nitrogens is 1. The lowest BCUT2D eigenvalue weighted by atomic mass is 9.98. The van der Waals surface area contributed by atoms with Crippen LogP contribution in [0.2, 0.25) is 0 Å². The number of hydrogen-bond acceptors (Lipinski definition) is 4. The number of thiazole rings is 1. The summed E-state index contributed by atoms with van der Waals surface area (Å²) in [6.07, 6.45) is 9.62. The van der Waals surface area contributed by atoms with Gasteiger partial charge < -0.3 is 15.4 Å². The first kappa shape index (κ1) is 23.6. The molecule has 0 spiro atoms. The minimum atomic E-state index is 0. The second-order valence-corrected chi connectivity index (χ2v) is 7.95. The molecule has 1 aliphatic rings. The number of rotatable bonds is 10. The maximum atomic E-state index is 5.99. The predicted molar refractivity (Wildman–Crippen MR) is 122 cm³/mol. The average Bonchev–Trinajstić information content (AvgIpc) is 3.26. The van der Waals surface area contributed by atoms with Crippen LogP contribution in [0.3, 0.4) is 0 Å². The Morgan fingerprint density at radius 2 is 2.12 bits per heavy atom. The largest absolute Gasteiger partial charge is 0.378 e. The molecule has 0 radical (unpaired) electrons. The monoisotopic (exact) mass is 494 g/mol. The van der Waals surface area contributed by atoms with Crippen molar-refractivity contribution in [1.29, 1.82) is 0 Å². The number of nitrogens with zero attached hydrogens (tertiary/aromatic N) is 2. The van der Waals surface area contributed by atoms with Crippen LogP contribution in [0, 0.1) is 12.8 Å². The number of nitrogens with one attached hydrogen (secondary N) is 2. The van der Waals surface area contributed by atoms with E-state index in [1.54, 1.807) is 11.3 Å². The molecule has 1 aromatic heterocycles. The van der Waals surface area contributed by atoms with Crippen LogP contribution in [0.1, 0.15) is 55.8 Å². The standard InChI is InChI=1S/C19H34N4OS.HI/c1-4-20-19(22-13-11-18-23-14-15(3)25-18)21-12-10-17(24-5-2)16-8-6-7-9-16;/h14,16-17H,4-13H2,1-3H3,(H2,20,21,22);1H. The highest BCUT2D eigenvalue weighted by molar-refractivity contribution is 14.0. The summed E-state index contributed by atoms with van der Waals surface area (Å²) < 4.78 is 5.99. The number of hydrogen-bond donors (Lipinski definition) is 2. The molecule has 0 amide bonds. The average molecular weight is 494 g/mol. The summed E-state index contributed by atoms with van der Waals surface area (Å²) in [5.41, 5.74) is 0. The maximum absolute atomic E-state index is 5.99. The van der Waals surface area contributed by atoms with Gasteiger partial charge >= 0.3 is 0 Å². The van der Waals surface area contributed by atoms with E-state index in [4.69, 9.17) is 9.73 Å². The fourth-order valence-corrected chi connectivity index (χ4v) is 4.24. The van der Waals surface area contributed by atoms with Crippen molar-refractivity contribution in [2.24, 2.45) is 10.9 Å². The van der Waals surface area contributed by atoms with E-state index in [2.05, 4.69) is 36.4 Å². The highest BCUT2D eigenvalue weighted by atomic mass is 127. The van der Waals surface area contributed by atoms with E-state index in [0.29, 0.717) is 6.10 Å². The highest BCUT2D eigenvalue weighted by Gasteiger charge is 2.24. The Kier molecular flexibility index (Phi) is 12.5. The van der Waals surface area contributed by atoms with Gasteiger partial charge in [-0.2, -0.15) is 0 Å². The zero-order valence-corrected chi connectivity index (χ0v) is 19.6. The van der Waals surface area contributed by atoms with Crippen LogP contribution < -0.4 is 10.6 Å². The van der Waals surface area contributed by atoms with E-state index in [1.165, 1.54) is 35.6 Å². The van der Waals surface area contributed by atoms with Gasteiger partial charge in [0.15, 0.2) is 5.96 Å². The molecule has 0 bridgehead atoms. The van der Waals surface area contributed by atoms with E-state index in [0.717, 1.165) is 51.0 Å². The molecule has 1 aliphatic carbocycles. The van der Waals surface area contributed by atoms with Crippen LogP contribution in [0.15, 0.2) is 11.2 Å². The van der Waals surface area contributed by atoms with Crippen molar-refractivity contribution >= 4 is 41.3 Å². The number of aryl methyl sites for hydroxylation is 1. The minimum Gasteiger partial charge on any atom is -0.378 e. The molecule has 1 aromatic rings. The first-order valence-corrected chi connectivity index (χ1v) is 10.6. The fourth-order valence-electron chi connectivity index (χ4n) is 3.45. The zero-order chi connectivity index (χ0) is 17.9. The summed E-state index contributed by atoms with van der Waals surface area (Å²) in [6, 6.07) is 0. The molecule has 5 nitrogen and oxygen atoms in total. The van der Waals surface area contributed by atoms with Gasteiger partial charge in [-0.3, -0.25) is 4.99 Å². The SMILES string of the molecule is CCNC(=NCCC(OCC)C1CCCC1)NCCc1ncc(C)s1.I. The van der Waals surface area contributed by atoms with Crippen molar-refractivity contribution in [2.45, 2.75) is 65.4 Å². The maximum Gasteiger partial charge on any atom is 0.191 e. The van der Waals surface area contributed by atoms with Gasteiger partial charge in [-0.1, -0.05) is 12.8 Å². The lowest BCUT2D eigenvalue weighted by Crippen LogP contribution is -2.38. The van der Waals surface area contributed by atoms with Gasteiger partial charge in [-0.15, -0.1) is 35.3 Å². The Balaban J connectivity index is 0.00000338. The summed E-state index contributed by atoms with van der Waals surface area (Å²) in [6.45, 7) is 9.64. The van der Waals surface area contributed by atoms with Crippen LogP contribution in [-0.4, -0.2) is 43.3 Å². The number of aliphatic imine (C=N–C) groups is 1. The van der Waals surface area contributed by atoms with Crippen molar-refractivity contribution < 1.29 is 4.74 Å². The smallest absolute Gasteiger partial charge is 0.191 e. The fraction of sp³-hybridized carbons (Fsp3) is 0.789. The molecule has 2 N–H and O–H groups in total. The second-order valence-electron chi connectivity index (χ2n) is 6.63. The van der Waals surface area contributed by atoms with Crippen molar-refractivity contribution in [3.63, 3.8) is 0 Å². The van der Waals surface area contributed by atoms with Crippen LogP contribution in [0.25, 0.3) is 0 Å². The normalized spacial score (nSPS) is 16.3. The van der Waals surface area contributed by atoms with Gasteiger partial charge in [0.2, 0.25) is 0 Å². The van der Waals surface area contributed by atoms with Crippen molar-refractivity contribution in [3.8, 4) is 0 Å². The molecule has 1 fully saturated rings. The van der Waals surface area contributed by atoms with Crippen molar-refractivity contribution in [3.05, 3.63) is 16.1 Å². The molecule has 1 heterocycles. The van der Waals surface area contributed by atoms with Gasteiger partial charge in [-0.05, 0) is 46.0 Å². The lowest BCUT2D eigenvalue weighted by Gasteiger charge is -2.22. The molecule has 150 valence electrons. The molecular formula is C19H35IN4OS. The molecule has 7 heteroatoms. The van der Waals surface area contributed by atoms with Gasteiger partial charge in [0.05, 0.1) is 11.1 Å². The topological polar surface area (TPSA) is 58.5 Å². The van der Waals surface area contributed by atoms with Crippen LogP contribution in [0.4, 0.5) is 0 Å². The van der Waals surface area contributed by atoms with E-state index in [1.807, 2.05) is 6.20 Å². The zero-order valence-electron chi connectivity index (χ0n) is 16.4. The summed E-state index contributed by atoms with van der Waals surface area (Å²) in [5.74, 6) is 1.64. The van der Waals surface area contributed by atoms with E-state index < -0.39 is 0 Å². The summed E-state index contributed by atoms with van der Waals surface area (Å²) in [7, 11) is 0. The Labute approximate surface area is 179 Å². The third-order valence-corrected chi connectivity index (χ3v) is 5.61. The Morgan fingerprint density at radius 1 is 1.35 bits per heavy atom. The van der Waals surface area contributed by atoms with Crippen LogP contribution >= 0.6 is 35.3 Å². The molecule has 0 aliphatic heterocycles. The number of halogens is 1. The second kappa shape index (κ2) is 13.7. The van der Waals surface area contributed by atoms with Gasteiger partial charge in [0.1, 0.15) is 0 Å². The molecule has 1 saturated carbocycles. The van der Waals surface area contributed by atoms with E-state index in [9.17, 15) is 0 Å². The molecule has 2 rings (SSSR count). The third-order valence-electron chi connectivity index (χ3n) is 4.63. The lowest BCUT2D eigenvalue weighted by molar-refractivity contribution is 0.0177. The van der Waals surface area contributed by atoms with Crippen LogP contribution in [0.5, 0.6) is 0 Å². The quantitative estimate of drug-likeness (QED) is 0.292. The molecule has 26 heavy (non-hydrogen) atoms. The van der Waals surface area contributed by atoms with Crippen molar-refractivity contribution in [1.82, 2.24) is 15.6 Å².